The first-order valence-corrected chi connectivity index (χ1v) is 5.11. The number of methoxy groups -OCH3 is 1. The molecule has 88 valence electrons. The third kappa shape index (κ3) is 1.68. The van der Waals surface area contributed by atoms with E-state index in [1.54, 1.807) is 4.57 Å². The second kappa shape index (κ2) is 4.19. The molecule has 0 saturated carbocycles. The van der Waals surface area contributed by atoms with E-state index < -0.39 is 18.1 Å². The number of nitrogens with zero attached hydrogens (tertiary/aromatic N) is 2. The van der Waals surface area contributed by atoms with E-state index in [4.69, 9.17) is 0 Å². The van der Waals surface area contributed by atoms with Gasteiger partial charge in [0.2, 0.25) is 0 Å². The van der Waals surface area contributed by atoms with Crippen LogP contribution in [0.1, 0.15) is 41.3 Å². The Morgan fingerprint density at radius 2 is 2.25 bits per heavy atom. The molecule has 0 unspecified atom stereocenters. The number of carbonyl (C=O) groups excluding carboxylic acids is 1. The van der Waals surface area contributed by atoms with Crippen LogP contribution in [0.3, 0.4) is 0 Å². The van der Waals surface area contributed by atoms with Gasteiger partial charge in [-0.2, -0.15) is 0 Å². The van der Waals surface area contributed by atoms with E-state index in [9.17, 15) is 13.6 Å². The molecule has 6 heteroatoms. The van der Waals surface area contributed by atoms with Crippen LogP contribution in [0.5, 0.6) is 0 Å². The highest BCUT2D eigenvalue weighted by atomic mass is 19.3. The van der Waals surface area contributed by atoms with Crippen LogP contribution in [0.15, 0.2) is 0 Å². The van der Waals surface area contributed by atoms with E-state index in [0.717, 1.165) is 12.8 Å². The molecule has 1 aliphatic rings. The summed E-state index contributed by atoms with van der Waals surface area (Å²) < 4.78 is 31.5. The minimum atomic E-state index is -2.74. The molecule has 0 saturated heterocycles. The van der Waals surface area contributed by atoms with Crippen molar-refractivity contribution in [1.29, 1.82) is 0 Å². The monoisotopic (exact) mass is 230 g/mol. The SMILES string of the molecule is COC(=O)c1c(C(F)F)nc2n1CCCC2. The number of rotatable bonds is 2. The zero-order valence-electron chi connectivity index (χ0n) is 8.87. The van der Waals surface area contributed by atoms with Gasteiger partial charge >= 0.3 is 5.97 Å². The maximum absolute atomic E-state index is 12.7. The van der Waals surface area contributed by atoms with E-state index in [1.165, 1.54) is 7.11 Å². The molecule has 2 heterocycles. The normalized spacial score (nSPS) is 15.0. The molecule has 0 bridgehead atoms. The average molecular weight is 230 g/mol. The highest BCUT2D eigenvalue weighted by molar-refractivity contribution is 5.89. The van der Waals surface area contributed by atoms with Crippen molar-refractivity contribution in [2.75, 3.05) is 7.11 Å². The fraction of sp³-hybridized carbons (Fsp3) is 0.600. The van der Waals surface area contributed by atoms with Gasteiger partial charge in [-0.05, 0) is 12.8 Å². The van der Waals surface area contributed by atoms with Crippen LogP contribution in [0.25, 0.3) is 0 Å². The quantitative estimate of drug-likeness (QED) is 0.729. The lowest BCUT2D eigenvalue weighted by Crippen LogP contribution is -2.17. The van der Waals surface area contributed by atoms with Crippen LogP contribution in [-0.2, 0) is 17.7 Å². The third-order valence-electron chi connectivity index (χ3n) is 2.69. The summed E-state index contributed by atoms with van der Waals surface area (Å²) in [4.78, 5) is 15.3. The molecule has 0 aromatic carbocycles. The Kier molecular flexibility index (Phi) is 2.89. The molecule has 1 aromatic rings. The van der Waals surface area contributed by atoms with Gasteiger partial charge in [-0.1, -0.05) is 0 Å². The Bertz CT molecular complexity index is 415. The Morgan fingerprint density at radius 1 is 1.50 bits per heavy atom. The Balaban J connectivity index is 2.52. The molecule has 0 aliphatic carbocycles. The maximum Gasteiger partial charge on any atom is 0.356 e. The van der Waals surface area contributed by atoms with Gasteiger partial charge in [-0.25, -0.2) is 18.6 Å². The number of alkyl halides is 2. The molecular formula is C10H12F2N2O2. The topological polar surface area (TPSA) is 44.1 Å². The van der Waals surface area contributed by atoms with Gasteiger partial charge in [0.1, 0.15) is 11.5 Å². The lowest BCUT2D eigenvalue weighted by molar-refractivity contribution is 0.0574. The van der Waals surface area contributed by atoms with Crippen molar-refractivity contribution >= 4 is 5.97 Å². The Hall–Kier alpha value is -1.46. The predicted molar refractivity (Wildman–Crippen MR) is 51.5 cm³/mol. The van der Waals surface area contributed by atoms with Crippen LogP contribution in [-0.4, -0.2) is 22.6 Å². The van der Waals surface area contributed by atoms with Crippen LogP contribution < -0.4 is 0 Å². The summed E-state index contributed by atoms with van der Waals surface area (Å²) in [6.07, 6.45) is -0.320. The van der Waals surface area contributed by atoms with E-state index >= 15 is 0 Å². The molecule has 0 N–H and O–H groups in total. The minimum Gasteiger partial charge on any atom is -0.464 e. The zero-order chi connectivity index (χ0) is 11.7. The highest BCUT2D eigenvalue weighted by Gasteiger charge is 2.29. The zero-order valence-corrected chi connectivity index (χ0v) is 8.87. The number of hydrogen-bond acceptors (Lipinski definition) is 3. The number of aromatic nitrogens is 2. The minimum absolute atomic E-state index is 0.0906. The van der Waals surface area contributed by atoms with Gasteiger partial charge in [-0.3, -0.25) is 0 Å². The molecule has 16 heavy (non-hydrogen) atoms. The van der Waals surface area contributed by atoms with Crippen molar-refractivity contribution < 1.29 is 18.3 Å². The fourth-order valence-corrected chi connectivity index (χ4v) is 1.97. The number of carbonyl (C=O) groups is 1. The highest BCUT2D eigenvalue weighted by Crippen LogP contribution is 2.27. The second-order valence-corrected chi connectivity index (χ2v) is 3.66. The number of halogens is 2. The molecule has 0 radical (unpaired) electrons. The summed E-state index contributed by atoms with van der Waals surface area (Å²) >= 11 is 0. The van der Waals surface area contributed by atoms with Crippen molar-refractivity contribution in [2.24, 2.45) is 0 Å². The number of imidazole rings is 1. The van der Waals surface area contributed by atoms with Gasteiger partial charge in [0.25, 0.3) is 6.43 Å². The number of ether oxygens (including phenoxy) is 1. The molecule has 1 aromatic heterocycles. The van der Waals surface area contributed by atoms with Crippen LogP contribution in [0.2, 0.25) is 0 Å². The van der Waals surface area contributed by atoms with Gasteiger partial charge in [0, 0.05) is 13.0 Å². The van der Waals surface area contributed by atoms with E-state index in [2.05, 4.69) is 9.72 Å². The van der Waals surface area contributed by atoms with E-state index in [0.29, 0.717) is 18.8 Å². The fourth-order valence-electron chi connectivity index (χ4n) is 1.97. The van der Waals surface area contributed by atoms with Crippen LogP contribution in [0.4, 0.5) is 8.78 Å². The first-order valence-electron chi connectivity index (χ1n) is 5.11. The molecule has 4 nitrogen and oxygen atoms in total. The largest absolute Gasteiger partial charge is 0.464 e. The Labute approximate surface area is 91.2 Å². The van der Waals surface area contributed by atoms with Crippen LogP contribution in [0, 0.1) is 0 Å². The molecule has 1 aliphatic heterocycles. The molecule has 0 amide bonds. The average Bonchev–Trinajstić information content (AvgIpc) is 2.67. The van der Waals surface area contributed by atoms with Crippen molar-refractivity contribution in [3.63, 3.8) is 0 Å². The summed E-state index contributed by atoms with van der Waals surface area (Å²) in [7, 11) is 1.18. The first kappa shape index (κ1) is 11.0. The van der Waals surface area contributed by atoms with E-state index in [-0.39, 0.29) is 5.69 Å². The van der Waals surface area contributed by atoms with Crippen molar-refractivity contribution in [2.45, 2.75) is 32.2 Å². The maximum atomic E-state index is 12.7. The van der Waals surface area contributed by atoms with Gasteiger partial charge in [0.15, 0.2) is 5.69 Å². The third-order valence-corrected chi connectivity index (χ3v) is 2.69. The van der Waals surface area contributed by atoms with Crippen molar-refractivity contribution in [1.82, 2.24) is 9.55 Å². The smallest absolute Gasteiger partial charge is 0.356 e. The first-order chi connectivity index (χ1) is 7.65. The summed E-state index contributed by atoms with van der Waals surface area (Å²) in [5.74, 6) is -0.182. The number of hydrogen-bond donors (Lipinski definition) is 0. The van der Waals surface area contributed by atoms with E-state index in [1.807, 2.05) is 0 Å². The Morgan fingerprint density at radius 3 is 2.88 bits per heavy atom. The van der Waals surface area contributed by atoms with Crippen molar-refractivity contribution in [3.05, 3.63) is 17.2 Å². The lowest BCUT2D eigenvalue weighted by Gasteiger charge is -2.15. The molecule has 0 spiro atoms. The molecule has 0 fully saturated rings. The molecule has 2 rings (SSSR count). The van der Waals surface area contributed by atoms with Gasteiger partial charge < -0.3 is 9.30 Å². The summed E-state index contributed by atoms with van der Waals surface area (Å²) in [6.45, 7) is 0.555. The summed E-state index contributed by atoms with van der Waals surface area (Å²) in [6, 6.07) is 0. The second-order valence-electron chi connectivity index (χ2n) is 3.66. The lowest BCUT2D eigenvalue weighted by atomic mass is 10.1. The number of fused-ring (bicyclic) bond motifs is 1. The molecule has 0 atom stereocenters. The summed E-state index contributed by atoms with van der Waals surface area (Å²) in [5, 5.41) is 0. The van der Waals surface area contributed by atoms with Gasteiger partial charge in [-0.15, -0.1) is 0 Å². The van der Waals surface area contributed by atoms with Gasteiger partial charge in [0.05, 0.1) is 7.11 Å². The van der Waals surface area contributed by atoms with Crippen LogP contribution >= 0.6 is 0 Å². The predicted octanol–water partition coefficient (Wildman–Crippen LogP) is 1.94. The molecular weight excluding hydrogens is 218 g/mol. The number of aryl methyl sites for hydroxylation is 1. The van der Waals surface area contributed by atoms with Crippen molar-refractivity contribution in [3.8, 4) is 0 Å². The summed E-state index contributed by atoms with van der Waals surface area (Å²) in [5.41, 5.74) is -0.545. The number of esters is 1. The standard InChI is InChI=1S/C10H12F2N2O2/c1-16-10(15)8-7(9(11)12)13-6-4-2-3-5-14(6)8/h9H,2-5H2,1H3.